The number of likely N-dealkylation sites (tertiary alicyclic amines) is 1. The first-order valence-corrected chi connectivity index (χ1v) is 5.10. The first kappa shape index (κ1) is 10.4. The monoisotopic (exact) mass is 213 g/mol. The number of nitrogens with zero attached hydrogens (tertiary/aromatic N) is 1. The van der Waals surface area contributed by atoms with Gasteiger partial charge in [0.1, 0.15) is 6.04 Å². The lowest BCUT2D eigenvalue weighted by molar-refractivity contribution is -0.139. The second-order valence-electron chi connectivity index (χ2n) is 3.64. The summed E-state index contributed by atoms with van der Waals surface area (Å²) >= 11 is 0. The van der Waals surface area contributed by atoms with Crippen LogP contribution in [0.15, 0.2) is 30.3 Å². The van der Waals surface area contributed by atoms with Crippen LogP contribution in [0.4, 0.5) is 0 Å². The highest BCUT2D eigenvalue weighted by atomic mass is 16.2. The zero-order chi connectivity index (χ0) is 11.5. The fourth-order valence-electron chi connectivity index (χ4n) is 1.84. The zero-order valence-electron chi connectivity index (χ0n) is 8.72. The van der Waals surface area contributed by atoms with Gasteiger partial charge in [0.05, 0.1) is 0 Å². The molecule has 16 heavy (non-hydrogen) atoms. The Kier molecular flexibility index (Phi) is 2.74. The molecular weight excluding hydrogens is 202 g/mol. The number of hydrogen-bond acceptors (Lipinski definition) is 2. The number of rotatable bonds is 2. The van der Waals surface area contributed by atoms with Gasteiger partial charge < -0.3 is 0 Å². The third-order valence-electron chi connectivity index (χ3n) is 2.62. The Bertz CT molecular complexity index is 443. The topological polar surface area (TPSA) is 37.4 Å². The SMILES string of the molecule is C#C[C@@H](c1ccccc1)N1C(=O)CCC1=O. The predicted molar refractivity (Wildman–Crippen MR) is 59.1 cm³/mol. The van der Waals surface area contributed by atoms with Gasteiger partial charge in [0.2, 0.25) is 11.8 Å². The van der Waals surface area contributed by atoms with Crippen LogP contribution in [0.3, 0.4) is 0 Å². The van der Waals surface area contributed by atoms with Gasteiger partial charge in [-0.1, -0.05) is 36.3 Å². The molecule has 1 aliphatic rings. The summed E-state index contributed by atoms with van der Waals surface area (Å²) in [5, 5.41) is 0. The van der Waals surface area contributed by atoms with Crippen molar-refractivity contribution in [1.29, 1.82) is 0 Å². The van der Waals surface area contributed by atoms with Crippen molar-refractivity contribution < 1.29 is 9.59 Å². The first-order valence-electron chi connectivity index (χ1n) is 5.10. The smallest absolute Gasteiger partial charge is 0.231 e. The van der Waals surface area contributed by atoms with Crippen molar-refractivity contribution in [3.8, 4) is 12.3 Å². The Morgan fingerprint density at radius 2 is 1.69 bits per heavy atom. The van der Waals surface area contributed by atoms with Crippen molar-refractivity contribution in [1.82, 2.24) is 4.90 Å². The molecular formula is C13H11NO2. The van der Waals surface area contributed by atoms with E-state index in [0.717, 1.165) is 5.56 Å². The van der Waals surface area contributed by atoms with Crippen LogP contribution in [0.25, 0.3) is 0 Å². The number of imide groups is 1. The van der Waals surface area contributed by atoms with Gasteiger partial charge in [0.25, 0.3) is 0 Å². The minimum absolute atomic E-state index is 0.184. The molecule has 2 rings (SSSR count). The number of amides is 2. The average Bonchev–Trinajstić information content (AvgIpc) is 2.63. The molecule has 0 N–H and O–H groups in total. The van der Waals surface area contributed by atoms with Crippen LogP contribution in [0.1, 0.15) is 24.4 Å². The van der Waals surface area contributed by atoms with Gasteiger partial charge in [0.15, 0.2) is 0 Å². The van der Waals surface area contributed by atoms with Crippen molar-refractivity contribution in [3.05, 3.63) is 35.9 Å². The average molecular weight is 213 g/mol. The molecule has 1 heterocycles. The van der Waals surface area contributed by atoms with Crippen molar-refractivity contribution in [2.24, 2.45) is 0 Å². The van der Waals surface area contributed by atoms with Crippen LogP contribution in [-0.4, -0.2) is 16.7 Å². The minimum atomic E-state index is -0.566. The second kappa shape index (κ2) is 4.19. The minimum Gasteiger partial charge on any atom is -0.274 e. The number of carbonyl (C=O) groups excluding carboxylic acids is 2. The maximum atomic E-state index is 11.6. The highest BCUT2D eigenvalue weighted by Crippen LogP contribution is 2.25. The third kappa shape index (κ3) is 1.70. The third-order valence-corrected chi connectivity index (χ3v) is 2.62. The molecule has 1 aromatic carbocycles. The Morgan fingerprint density at radius 1 is 1.12 bits per heavy atom. The van der Waals surface area contributed by atoms with E-state index in [-0.39, 0.29) is 24.7 Å². The summed E-state index contributed by atoms with van der Waals surface area (Å²) < 4.78 is 0. The van der Waals surface area contributed by atoms with Crippen LogP contribution in [-0.2, 0) is 9.59 Å². The molecule has 0 aliphatic carbocycles. The highest BCUT2D eigenvalue weighted by Gasteiger charge is 2.34. The van der Waals surface area contributed by atoms with E-state index in [2.05, 4.69) is 5.92 Å². The molecule has 1 aromatic rings. The number of benzene rings is 1. The van der Waals surface area contributed by atoms with E-state index in [1.165, 1.54) is 4.90 Å². The van der Waals surface area contributed by atoms with Gasteiger partial charge in [0, 0.05) is 12.8 Å². The summed E-state index contributed by atoms with van der Waals surface area (Å²) in [5.41, 5.74) is 0.800. The maximum Gasteiger partial charge on any atom is 0.231 e. The highest BCUT2D eigenvalue weighted by molar-refractivity contribution is 6.02. The molecule has 3 heteroatoms. The number of terminal acetylenes is 1. The van der Waals surface area contributed by atoms with E-state index in [4.69, 9.17) is 6.42 Å². The van der Waals surface area contributed by atoms with E-state index in [0.29, 0.717) is 0 Å². The van der Waals surface area contributed by atoms with Crippen molar-refractivity contribution in [3.63, 3.8) is 0 Å². The van der Waals surface area contributed by atoms with Crippen molar-refractivity contribution in [2.75, 3.05) is 0 Å². The molecule has 0 radical (unpaired) electrons. The summed E-state index contributed by atoms with van der Waals surface area (Å²) in [5.74, 6) is 2.14. The van der Waals surface area contributed by atoms with Gasteiger partial charge in [-0.05, 0) is 5.56 Å². The Morgan fingerprint density at radius 3 is 2.19 bits per heavy atom. The lowest BCUT2D eigenvalue weighted by Gasteiger charge is -2.21. The van der Waals surface area contributed by atoms with Crippen LogP contribution in [0.5, 0.6) is 0 Å². The van der Waals surface area contributed by atoms with Crippen molar-refractivity contribution in [2.45, 2.75) is 18.9 Å². The summed E-state index contributed by atoms with van der Waals surface area (Å²) in [6.07, 6.45) is 5.95. The first-order chi connectivity index (χ1) is 7.74. The van der Waals surface area contributed by atoms with Gasteiger partial charge in [-0.15, -0.1) is 6.42 Å². The summed E-state index contributed by atoms with van der Waals surface area (Å²) in [6.45, 7) is 0. The molecule has 0 saturated carbocycles. The molecule has 0 bridgehead atoms. The summed E-state index contributed by atoms with van der Waals surface area (Å²) in [6, 6.07) is 8.62. The van der Waals surface area contributed by atoms with E-state index < -0.39 is 6.04 Å². The fourth-order valence-corrected chi connectivity index (χ4v) is 1.84. The van der Waals surface area contributed by atoms with Crippen LogP contribution in [0.2, 0.25) is 0 Å². The lowest BCUT2D eigenvalue weighted by Crippen LogP contribution is -2.32. The molecule has 1 saturated heterocycles. The van der Waals surface area contributed by atoms with Gasteiger partial charge in [-0.3, -0.25) is 14.5 Å². The molecule has 3 nitrogen and oxygen atoms in total. The van der Waals surface area contributed by atoms with Crippen LogP contribution >= 0.6 is 0 Å². The standard InChI is InChI=1S/C13H11NO2/c1-2-11(10-6-4-3-5-7-10)14-12(15)8-9-13(14)16/h1,3-7,11H,8-9H2/t11-/m0/s1. The Balaban J connectivity index is 2.34. The maximum absolute atomic E-state index is 11.6. The largest absolute Gasteiger partial charge is 0.274 e. The molecule has 0 unspecified atom stereocenters. The van der Waals surface area contributed by atoms with E-state index in [1.54, 1.807) is 0 Å². The quantitative estimate of drug-likeness (QED) is 0.551. The zero-order valence-corrected chi connectivity index (χ0v) is 8.72. The summed E-state index contributed by atoms with van der Waals surface area (Å²) in [7, 11) is 0. The van der Waals surface area contributed by atoms with Crippen LogP contribution < -0.4 is 0 Å². The van der Waals surface area contributed by atoms with E-state index in [1.807, 2.05) is 30.3 Å². The number of hydrogen-bond donors (Lipinski definition) is 0. The molecule has 80 valence electrons. The second-order valence-corrected chi connectivity index (χ2v) is 3.64. The molecule has 2 amide bonds. The van der Waals surface area contributed by atoms with E-state index in [9.17, 15) is 9.59 Å². The Hall–Kier alpha value is -2.08. The molecule has 1 atom stereocenters. The van der Waals surface area contributed by atoms with Crippen LogP contribution in [0, 0.1) is 12.3 Å². The lowest BCUT2D eigenvalue weighted by atomic mass is 10.1. The van der Waals surface area contributed by atoms with Crippen molar-refractivity contribution >= 4 is 11.8 Å². The summed E-state index contributed by atoms with van der Waals surface area (Å²) in [4.78, 5) is 24.3. The Labute approximate surface area is 94.1 Å². The molecule has 0 aromatic heterocycles. The van der Waals surface area contributed by atoms with Gasteiger partial charge in [-0.25, -0.2) is 0 Å². The van der Waals surface area contributed by atoms with Gasteiger partial charge >= 0.3 is 0 Å². The molecule has 1 aliphatic heterocycles. The molecule has 1 fully saturated rings. The predicted octanol–water partition coefficient (Wildman–Crippen LogP) is 1.51. The number of carbonyl (C=O) groups is 2. The molecule has 0 spiro atoms. The fraction of sp³-hybridized carbons (Fsp3) is 0.231. The van der Waals surface area contributed by atoms with Gasteiger partial charge in [-0.2, -0.15) is 0 Å². The normalized spacial score (nSPS) is 17.3. The van der Waals surface area contributed by atoms with E-state index >= 15 is 0 Å².